The molecule has 4 rings (SSSR count). The Balaban J connectivity index is 1.61. The van der Waals surface area contributed by atoms with Crippen molar-refractivity contribution in [3.8, 4) is 5.75 Å². The highest BCUT2D eigenvalue weighted by molar-refractivity contribution is 6.06. The van der Waals surface area contributed by atoms with Crippen LogP contribution in [-0.4, -0.2) is 31.7 Å². The zero-order chi connectivity index (χ0) is 25.9. The second kappa shape index (κ2) is 9.73. The average Bonchev–Trinajstić information content (AvgIpc) is 3.34. The molecule has 186 valence electrons. The van der Waals surface area contributed by atoms with Gasteiger partial charge in [0, 0.05) is 12.8 Å². The van der Waals surface area contributed by atoms with Crippen molar-refractivity contribution < 1.29 is 27.5 Å². The van der Waals surface area contributed by atoms with Crippen molar-refractivity contribution in [1.29, 1.82) is 0 Å². The van der Waals surface area contributed by atoms with E-state index in [2.05, 4.69) is 10.4 Å². The van der Waals surface area contributed by atoms with Gasteiger partial charge < -0.3 is 15.8 Å². The minimum absolute atomic E-state index is 0.0689. The Hall–Kier alpha value is -4.34. The fourth-order valence-corrected chi connectivity index (χ4v) is 4.13. The molecule has 7 nitrogen and oxygen atoms in total. The summed E-state index contributed by atoms with van der Waals surface area (Å²) in [5.41, 5.74) is 5.20. The van der Waals surface area contributed by atoms with E-state index in [1.807, 2.05) is 0 Å². The number of methoxy groups -OCH3 is 1. The van der Waals surface area contributed by atoms with E-state index in [0.717, 1.165) is 12.1 Å². The maximum absolute atomic E-state index is 13.2. The summed E-state index contributed by atoms with van der Waals surface area (Å²) in [5, 5.41) is 8.36. The number of hydrazone groups is 1. The number of carbonyl (C=O) groups excluding carboxylic acids is 2. The first kappa shape index (κ1) is 24.8. The summed E-state index contributed by atoms with van der Waals surface area (Å²) in [6, 6.07) is 18.3. The van der Waals surface area contributed by atoms with Crippen LogP contribution in [0.1, 0.15) is 27.0 Å². The van der Waals surface area contributed by atoms with E-state index in [1.54, 1.807) is 48.5 Å². The van der Waals surface area contributed by atoms with Crippen LogP contribution < -0.4 is 20.8 Å². The van der Waals surface area contributed by atoms with E-state index in [0.29, 0.717) is 22.4 Å². The van der Waals surface area contributed by atoms with Crippen LogP contribution in [0.4, 0.5) is 18.9 Å². The molecule has 0 aromatic heterocycles. The first-order valence-corrected chi connectivity index (χ1v) is 10.9. The molecule has 0 aliphatic carbocycles. The first-order chi connectivity index (χ1) is 17.2. The lowest BCUT2D eigenvalue weighted by atomic mass is 9.78. The van der Waals surface area contributed by atoms with Crippen LogP contribution in [0.15, 0.2) is 77.9 Å². The molecule has 0 radical (unpaired) electrons. The summed E-state index contributed by atoms with van der Waals surface area (Å²) >= 11 is 0. The SMILES string of the molecule is COc1ccccc1C(=O)NCc1ccccc1C1(C(N)=O)C=NN(c2cccc(C(F)(F)F)c2)C1. The largest absolute Gasteiger partial charge is 0.496 e. The van der Waals surface area contributed by atoms with Crippen LogP contribution in [0.2, 0.25) is 0 Å². The van der Waals surface area contributed by atoms with Gasteiger partial charge in [-0.15, -0.1) is 0 Å². The van der Waals surface area contributed by atoms with Gasteiger partial charge in [-0.25, -0.2) is 0 Å². The first-order valence-electron chi connectivity index (χ1n) is 10.9. The maximum Gasteiger partial charge on any atom is 0.416 e. The number of para-hydroxylation sites is 1. The number of ether oxygens (including phenoxy) is 1. The molecule has 0 saturated heterocycles. The second-order valence-corrected chi connectivity index (χ2v) is 8.23. The molecule has 3 aromatic rings. The van der Waals surface area contributed by atoms with Crippen LogP contribution in [0.3, 0.4) is 0 Å². The highest BCUT2D eigenvalue weighted by Crippen LogP contribution is 2.36. The van der Waals surface area contributed by atoms with Crippen LogP contribution in [0.5, 0.6) is 5.75 Å². The number of nitrogens with zero attached hydrogens (tertiary/aromatic N) is 2. The van der Waals surface area contributed by atoms with Crippen molar-refractivity contribution in [3.63, 3.8) is 0 Å². The predicted octanol–water partition coefficient (Wildman–Crippen LogP) is 3.87. The van der Waals surface area contributed by atoms with Gasteiger partial charge in [0.25, 0.3) is 5.91 Å². The number of nitrogens with one attached hydrogen (secondary N) is 1. The van der Waals surface area contributed by atoms with E-state index < -0.39 is 23.1 Å². The van der Waals surface area contributed by atoms with Crippen molar-refractivity contribution in [1.82, 2.24) is 5.32 Å². The van der Waals surface area contributed by atoms with E-state index in [4.69, 9.17) is 10.5 Å². The van der Waals surface area contributed by atoms with Crippen molar-refractivity contribution in [2.24, 2.45) is 10.8 Å². The van der Waals surface area contributed by atoms with Gasteiger partial charge >= 0.3 is 6.18 Å². The maximum atomic E-state index is 13.2. The van der Waals surface area contributed by atoms with Gasteiger partial charge in [0.15, 0.2) is 0 Å². The third kappa shape index (κ3) is 4.74. The standard InChI is InChI=1S/C26H23F3N4O3/c1-36-22-12-5-3-10-20(22)23(34)31-14-17-7-2-4-11-21(17)25(24(30)35)15-32-33(16-25)19-9-6-8-18(13-19)26(27,28)29/h2-13,15H,14,16H2,1H3,(H2,30,35)(H,31,34). The monoisotopic (exact) mass is 496 g/mol. The smallest absolute Gasteiger partial charge is 0.416 e. The summed E-state index contributed by atoms with van der Waals surface area (Å²) in [7, 11) is 1.47. The molecule has 0 fully saturated rings. The van der Waals surface area contributed by atoms with Crippen molar-refractivity contribution >= 4 is 23.7 Å². The quantitative estimate of drug-likeness (QED) is 0.519. The normalized spacial score (nSPS) is 17.2. The number of carbonyl (C=O) groups is 2. The number of primary amides is 1. The van der Waals surface area contributed by atoms with Crippen LogP contribution in [0.25, 0.3) is 0 Å². The molecule has 1 unspecified atom stereocenters. The minimum atomic E-state index is -4.52. The Labute approximate surface area is 205 Å². The van der Waals surface area contributed by atoms with Gasteiger partial charge in [-0.3, -0.25) is 14.6 Å². The van der Waals surface area contributed by atoms with Crippen LogP contribution in [-0.2, 0) is 22.9 Å². The van der Waals surface area contributed by atoms with Crippen LogP contribution in [0, 0.1) is 0 Å². The Kier molecular flexibility index (Phi) is 6.69. The topological polar surface area (TPSA) is 97.0 Å². The van der Waals surface area contributed by atoms with E-state index >= 15 is 0 Å². The molecule has 1 aliphatic rings. The lowest BCUT2D eigenvalue weighted by molar-refractivity contribution is -0.137. The predicted molar refractivity (Wildman–Crippen MR) is 129 cm³/mol. The molecule has 3 aromatic carbocycles. The molecular weight excluding hydrogens is 473 g/mol. The molecule has 1 atom stereocenters. The van der Waals surface area contributed by atoms with E-state index in [-0.39, 0.29) is 24.7 Å². The highest BCUT2D eigenvalue weighted by Gasteiger charge is 2.44. The molecular formula is C26H23F3N4O3. The summed E-state index contributed by atoms with van der Waals surface area (Å²) in [6.45, 7) is -0.0272. The lowest BCUT2D eigenvalue weighted by Crippen LogP contribution is -2.47. The van der Waals surface area contributed by atoms with Crippen molar-refractivity contribution in [2.75, 3.05) is 18.7 Å². The summed E-state index contributed by atoms with van der Waals surface area (Å²) in [6.07, 6.45) is -3.18. The summed E-state index contributed by atoms with van der Waals surface area (Å²) in [5.74, 6) is -0.679. The average molecular weight is 496 g/mol. The Bertz CT molecular complexity index is 1330. The van der Waals surface area contributed by atoms with E-state index in [9.17, 15) is 22.8 Å². The number of halogens is 3. The third-order valence-corrected chi connectivity index (χ3v) is 6.02. The van der Waals surface area contributed by atoms with Gasteiger partial charge in [-0.1, -0.05) is 42.5 Å². The Morgan fingerprint density at radius 1 is 1.08 bits per heavy atom. The minimum Gasteiger partial charge on any atom is -0.496 e. The van der Waals surface area contributed by atoms with Gasteiger partial charge in [-0.05, 0) is 41.5 Å². The van der Waals surface area contributed by atoms with Gasteiger partial charge in [0.2, 0.25) is 5.91 Å². The fourth-order valence-electron chi connectivity index (χ4n) is 4.13. The molecule has 1 heterocycles. The lowest BCUT2D eigenvalue weighted by Gasteiger charge is -2.27. The van der Waals surface area contributed by atoms with Crippen molar-refractivity contribution in [2.45, 2.75) is 18.1 Å². The number of alkyl halides is 3. The number of hydrogen-bond acceptors (Lipinski definition) is 5. The zero-order valence-electron chi connectivity index (χ0n) is 19.3. The summed E-state index contributed by atoms with van der Waals surface area (Å²) < 4.78 is 44.8. The highest BCUT2D eigenvalue weighted by atomic mass is 19.4. The van der Waals surface area contributed by atoms with Crippen LogP contribution >= 0.6 is 0 Å². The molecule has 2 amide bonds. The third-order valence-electron chi connectivity index (χ3n) is 6.02. The molecule has 0 bridgehead atoms. The Morgan fingerprint density at radius 2 is 1.81 bits per heavy atom. The molecule has 3 N–H and O–H groups in total. The van der Waals surface area contributed by atoms with E-state index in [1.165, 1.54) is 30.5 Å². The number of benzene rings is 3. The Morgan fingerprint density at radius 3 is 2.53 bits per heavy atom. The van der Waals surface area contributed by atoms with Crippen molar-refractivity contribution in [3.05, 3.63) is 95.1 Å². The van der Waals surface area contributed by atoms with Gasteiger partial charge in [-0.2, -0.15) is 18.3 Å². The second-order valence-electron chi connectivity index (χ2n) is 8.23. The fraction of sp³-hybridized carbons (Fsp3) is 0.192. The number of amides is 2. The molecule has 36 heavy (non-hydrogen) atoms. The number of nitrogens with two attached hydrogens (primary N) is 1. The molecule has 1 aliphatic heterocycles. The number of hydrogen-bond donors (Lipinski definition) is 2. The molecule has 0 saturated carbocycles. The van der Waals surface area contributed by atoms with Gasteiger partial charge in [0.05, 0.1) is 30.5 Å². The summed E-state index contributed by atoms with van der Waals surface area (Å²) in [4.78, 5) is 25.5. The molecule has 10 heteroatoms. The number of anilines is 1. The molecule has 0 spiro atoms. The zero-order valence-corrected chi connectivity index (χ0v) is 19.3. The van der Waals surface area contributed by atoms with Gasteiger partial charge in [0.1, 0.15) is 11.2 Å². The number of rotatable bonds is 7.